The van der Waals surface area contributed by atoms with Gasteiger partial charge in [0, 0.05) is 77.7 Å². The molecule has 0 aromatic heterocycles. The van der Waals surface area contributed by atoms with Crippen molar-refractivity contribution in [2.75, 3.05) is 118 Å². The first-order chi connectivity index (χ1) is 23.3. The highest BCUT2D eigenvalue weighted by molar-refractivity contribution is 5.80. The Hall–Kier alpha value is -3.26. The molecule has 18 nitrogen and oxygen atoms in total. The number of carbonyl (C=O) groups is 6. The molecule has 1 amide bonds. The number of aliphatic carboxylic acids is 4. The number of ketones is 1. The van der Waals surface area contributed by atoms with Gasteiger partial charge < -0.3 is 40.0 Å². The molecule has 1 aliphatic heterocycles. The second-order valence-electron chi connectivity index (χ2n) is 12.0. The van der Waals surface area contributed by atoms with Gasteiger partial charge in [0.05, 0.1) is 59.3 Å². The Labute approximate surface area is 287 Å². The molecule has 1 unspecified atom stereocenters. The Bertz CT molecular complexity index is 1000. The maximum absolute atomic E-state index is 12.5. The van der Waals surface area contributed by atoms with Gasteiger partial charge in [0.2, 0.25) is 5.91 Å². The number of amides is 1. The van der Waals surface area contributed by atoms with Gasteiger partial charge in [0.25, 0.3) is 0 Å². The minimum Gasteiger partial charge on any atom is -0.480 e. The van der Waals surface area contributed by atoms with Crippen LogP contribution in [0.2, 0.25) is 0 Å². The molecule has 0 saturated carbocycles. The normalized spacial score (nSPS) is 16.8. The number of carboxylic acids is 4. The van der Waals surface area contributed by atoms with Gasteiger partial charge in [-0.2, -0.15) is 0 Å². The van der Waals surface area contributed by atoms with Crippen molar-refractivity contribution in [2.24, 2.45) is 5.92 Å². The molecule has 5 N–H and O–H groups in total. The molecule has 1 atom stereocenters. The van der Waals surface area contributed by atoms with Crippen molar-refractivity contribution in [1.82, 2.24) is 24.9 Å². The minimum atomic E-state index is -1.17. The van der Waals surface area contributed by atoms with Crippen LogP contribution in [0.4, 0.5) is 0 Å². The van der Waals surface area contributed by atoms with Crippen molar-refractivity contribution in [2.45, 2.75) is 39.2 Å². The molecular weight excluding hydrogens is 650 g/mol. The fourth-order valence-electron chi connectivity index (χ4n) is 5.00. The molecule has 0 spiro atoms. The van der Waals surface area contributed by atoms with Crippen LogP contribution in [0.5, 0.6) is 0 Å². The van der Waals surface area contributed by atoms with Gasteiger partial charge in [-0.15, -0.1) is 0 Å². The summed E-state index contributed by atoms with van der Waals surface area (Å²) in [5.74, 6) is -4.63. The van der Waals surface area contributed by atoms with Crippen molar-refractivity contribution in [3.8, 4) is 0 Å². The van der Waals surface area contributed by atoms with Crippen LogP contribution in [-0.4, -0.2) is 200 Å². The van der Waals surface area contributed by atoms with Crippen LogP contribution in [0.1, 0.15) is 33.1 Å². The van der Waals surface area contributed by atoms with E-state index in [0.717, 1.165) is 0 Å². The molecule has 0 bridgehead atoms. The molecule has 0 radical (unpaired) electrons. The lowest BCUT2D eigenvalue weighted by molar-refractivity contribution is -0.145. The molecule has 1 saturated heterocycles. The lowest BCUT2D eigenvalue weighted by Crippen LogP contribution is -2.52. The lowest BCUT2D eigenvalue weighted by Gasteiger charge is -2.35. The highest BCUT2D eigenvalue weighted by atomic mass is 16.5. The van der Waals surface area contributed by atoms with E-state index in [9.17, 15) is 49.2 Å². The van der Waals surface area contributed by atoms with E-state index in [1.54, 1.807) is 19.6 Å². The van der Waals surface area contributed by atoms with E-state index in [4.69, 9.17) is 14.2 Å². The number of nitrogens with one attached hydrogen (secondary N) is 1. The fourth-order valence-corrected chi connectivity index (χ4v) is 5.00. The molecule has 1 aliphatic rings. The molecule has 0 aromatic carbocycles. The standard InChI is InChI=1S/C31H55N5O13/c1-24(2)26(37)5-15-47-17-19-49-20-18-48-16-6-32-27(38)4-3-25(31(45)46)36-13-11-34(22-29(41)42)9-7-33(21-28(39)40)8-10-35(12-14-36)23-30(43)44/h24-25H,3-23H2,1-2H3,(H,32,38)(H,39,40)(H,41,42)(H,43,44)(H,45,46). The zero-order valence-corrected chi connectivity index (χ0v) is 28.8. The smallest absolute Gasteiger partial charge is 0.320 e. The summed E-state index contributed by atoms with van der Waals surface area (Å²) in [5, 5.41) is 40.9. The Morgan fingerprint density at radius 3 is 1.41 bits per heavy atom. The van der Waals surface area contributed by atoms with Crippen molar-refractivity contribution in [3.63, 3.8) is 0 Å². The highest BCUT2D eigenvalue weighted by Crippen LogP contribution is 2.11. The van der Waals surface area contributed by atoms with Gasteiger partial charge in [-0.25, -0.2) is 0 Å². The fraction of sp³-hybridized carbons (Fsp3) is 0.806. The van der Waals surface area contributed by atoms with E-state index < -0.39 is 29.9 Å². The average Bonchev–Trinajstić information content (AvgIpc) is 3.01. The Morgan fingerprint density at radius 1 is 0.592 bits per heavy atom. The third-order valence-electron chi connectivity index (χ3n) is 7.77. The quantitative estimate of drug-likeness (QED) is 0.0717. The SMILES string of the molecule is CC(C)C(=O)CCOCCOCCOCCNC(=O)CCC(C(=O)O)N1CCN(CC(=O)O)CCN(CC(=O)O)CCN(CC(=O)O)CC1. The van der Waals surface area contributed by atoms with E-state index in [1.165, 1.54) is 0 Å². The minimum absolute atomic E-state index is 0.00898. The zero-order chi connectivity index (χ0) is 36.6. The summed E-state index contributed by atoms with van der Waals surface area (Å²) in [6, 6.07) is -1.09. The number of Topliss-reactive ketones (excluding diaryl/α,β-unsaturated/α-hetero) is 1. The first-order valence-electron chi connectivity index (χ1n) is 16.6. The lowest BCUT2D eigenvalue weighted by atomic mass is 10.1. The van der Waals surface area contributed by atoms with Crippen LogP contribution >= 0.6 is 0 Å². The molecule has 0 aliphatic carbocycles. The summed E-state index contributed by atoms with van der Waals surface area (Å²) in [4.78, 5) is 77.2. The molecule has 1 fully saturated rings. The number of carboxylic acid groups (broad SMARTS) is 4. The van der Waals surface area contributed by atoms with Gasteiger partial charge in [-0.3, -0.25) is 48.4 Å². The van der Waals surface area contributed by atoms with Gasteiger partial charge in [-0.1, -0.05) is 13.8 Å². The first kappa shape index (κ1) is 43.8. The number of carbonyl (C=O) groups excluding carboxylic acids is 2. The van der Waals surface area contributed by atoms with Crippen molar-refractivity contribution in [1.29, 1.82) is 0 Å². The van der Waals surface area contributed by atoms with Crippen LogP contribution in [0.15, 0.2) is 0 Å². The van der Waals surface area contributed by atoms with Crippen LogP contribution < -0.4 is 5.32 Å². The number of ether oxygens (including phenoxy) is 3. The summed E-state index contributed by atoms with van der Waals surface area (Å²) >= 11 is 0. The molecule has 1 rings (SSSR count). The second kappa shape index (κ2) is 25.7. The molecule has 282 valence electrons. The van der Waals surface area contributed by atoms with Gasteiger partial charge >= 0.3 is 23.9 Å². The van der Waals surface area contributed by atoms with Gasteiger partial charge in [-0.05, 0) is 6.42 Å². The summed E-state index contributed by atoms with van der Waals surface area (Å²) in [6.45, 7) is 6.31. The Kier molecular flexibility index (Phi) is 22.9. The van der Waals surface area contributed by atoms with Gasteiger partial charge in [0.15, 0.2) is 0 Å². The molecule has 49 heavy (non-hydrogen) atoms. The summed E-state index contributed by atoms with van der Waals surface area (Å²) in [5.41, 5.74) is 0. The number of hydrogen-bond donors (Lipinski definition) is 5. The number of nitrogens with zero attached hydrogens (tertiary/aromatic N) is 4. The molecule has 1 heterocycles. The monoisotopic (exact) mass is 705 g/mol. The second-order valence-corrected chi connectivity index (χ2v) is 12.0. The molecule has 18 heteroatoms. The molecule has 0 aromatic rings. The van der Waals surface area contributed by atoms with Crippen molar-refractivity contribution >= 4 is 35.6 Å². The first-order valence-corrected chi connectivity index (χ1v) is 16.6. The summed E-state index contributed by atoms with van der Waals surface area (Å²) in [6.07, 6.45) is 0.245. The summed E-state index contributed by atoms with van der Waals surface area (Å²) < 4.78 is 16.2. The molecular formula is C31H55N5O13. The largest absolute Gasteiger partial charge is 0.480 e. The van der Waals surface area contributed by atoms with E-state index in [0.29, 0.717) is 39.5 Å². The Balaban J connectivity index is 2.60. The predicted molar refractivity (Wildman–Crippen MR) is 174 cm³/mol. The summed E-state index contributed by atoms with van der Waals surface area (Å²) in [7, 11) is 0. The van der Waals surface area contributed by atoms with Crippen LogP contribution in [0, 0.1) is 5.92 Å². The van der Waals surface area contributed by atoms with Crippen LogP contribution in [-0.2, 0) is 43.0 Å². The number of rotatable bonds is 24. The predicted octanol–water partition coefficient (Wildman–Crippen LogP) is -1.52. The topological polar surface area (TPSA) is 236 Å². The van der Waals surface area contributed by atoms with Crippen LogP contribution in [0.25, 0.3) is 0 Å². The van der Waals surface area contributed by atoms with E-state index in [-0.39, 0.29) is 116 Å². The van der Waals surface area contributed by atoms with Crippen molar-refractivity contribution < 1.29 is 63.4 Å². The van der Waals surface area contributed by atoms with E-state index in [1.807, 2.05) is 13.8 Å². The van der Waals surface area contributed by atoms with E-state index >= 15 is 0 Å². The Morgan fingerprint density at radius 2 is 1.00 bits per heavy atom. The number of hydrogen-bond acceptors (Lipinski definition) is 13. The third-order valence-corrected chi connectivity index (χ3v) is 7.77. The maximum Gasteiger partial charge on any atom is 0.320 e. The maximum atomic E-state index is 12.5. The van der Waals surface area contributed by atoms with Gasteiger partial charge in [0.1, 0.15) is 11.8 Å². The zero-order valence-electron chi connectivity index (χ0n) is 28.8. The van der Waals surface area contributed by atoms with Crippen LogP contribution in [0.3, 0.4) is 0 Å². The highest BCUT2D eigenvalue weighted by Gasteiger charge is 2.28. The average molecular weight is 706 g/mol. The van der Waals surface area contributed by atoms with E-state index in [2.05, 4.69) is 5.32 Å². The third kappa shape index (κ3) is 22.2. The van der Waals surface area contributed by atoms with Crippen molar-refractivity contribution in [3.05, 3.63) is 0 Å².